The van der Waals surface area contributed by atoms with E-state index in [0.717, 1.165) is 19.4 Å². The molecule has 0 bridgehead atoms. The van der Waals surface area contributed by atoms with Gasteiger partial charge in [-0.2, -0.15) is 0 Å². The number of hydrogen-bond acceptors (Lipinski definition) is 3. The molecule has 2 rings (SSSR count). The van der Waals surface area contributed by atoms with Crippen LogP contribution in [0.3, 0.4) is 0 Å². The van der Waals surface area contributed by atoms with Gasteiger partial charge in [0.25, 0.3) is 0 Å². The van der Waals surface area contributed by atoms with Gasteiger partial charge in [0.1, 0.15) is 6.04 Å². The van der Waals surface area contributed by atoms with Gasteiger partial charge in [-0.3, -0.25) is 4.79 Å². The first kappa shape index (κ1) is 9.48. The molecule has 0 radical (unpaired) electrons. The van der Waals surface area contributed by atoms with Crippen LogP contribution in [0.1, 0.15) is 25.7 Å². The fourth-order valence-corrected chi connectivity index (χ4v) is 0.992. The molecule has 1 saturated carbocycles. The molecule has 70 valence electrons. The van der Waals surface area contributed by atoms with E-state index < -0.39 is 5.97 Å². The van der Waals surface area contributed by atoms with Gasteiger partial charge in [0.05, 0.1) is 0 Å². The van der Waals surface area contributed by atoms with E-state index in [0.29, 0.717) is 6.04 Å². The van der Waals surface area contributed by atoms with E-state index >= 15 is 0 Å². The van der Waals surface area contributed by atoms with Gasteiger partial charge in [0, 0.05) is 6.04 Å². The first-order valence-corrected chi connectivity index (χ1v) is 4.42. The zero-order valence-corrected chi connectivity index (χ0v) is 7.12. The maximum absolute atomic E-state index is 10.1. The maximum Gasteiger partial charge on any atom is 0.320 e. The maximum atomic E-state index is 10.1. The van der Waals surface area contributed by atoms with Crippen LogP contribution in [-0.2, 0) is 4.79 Å². The third-order valence-electron chi connectivity index (χ3n) is 1.98. The van der Waals surface area contributed by atoms with Gasteiger partial charge in [-0.05, 0) is 32.2 Å². The van der Waals surface area contributed by atoms with E-state index in [2.05, 4.69) is 5.32 Å². The molecule has 0 unspecified atom stereocenters. The Kier molecular flexibility index (Phi) is 3.49. The second-order valence-corrected chi connectivity index (χ2v) is 3.32. The van der Waals surface area contributed by atoms with Crippen molar-refractivity contribution in [2.45, 2.75) is 37.8 Å². The molecule has 0 aromatic carbocycles. The third-order valence-corrected chi connectivity index (χ3v) is 1.98. The van der Waals surface area contributed by atoms with Gasteiger partial charge in [-0.25, -0.2) is 0 Å². The topological polar surface area (TPSA) is 75.4 Å². The standard InChI is InChI=1S/C5H9NO2.C3H7N/c7-5(8)4-2-1-3-6-4;4-3-1-2-3/h4,6H,1-3H2,(H,7,8);3H,1-2,4H2/t4-;/m0./s1. The summed E-state index contributed by atoms with van der Waals surface area (Å²) in [5, 5.41) is 11.2. The number of hydrogen-bond donors (Lipinski definition) is 3. The zero-order chi connectivity index (χ0) is 8.97. The molecule has 2 fully saturated rings. The molecule has 1 saturated heterocycles. The van der Waals surface area contributed by atoms with Gasteiger partial charge in [-0.1, -0.05) is 0 Å². The second kappa shape index (κ2) is 4.42. The number of rotatable bonds is 1. The van der Waals surface area contributed by atoms with E-state index in [1.165, 1.54) is 12.8 Å². The summed E-state index contributed by atoms with van der Waals surface area (Å²) >= 11 is 0. The number of aliphatic carboxylic acids is 1. The number of nitrogens with two attached hydrogens (primary N) is 1. The molecule has 0 aromatic rings. The fraction of sp³-hybridized carbons (Fsp3) is 0.875. The molecule has 0 spiro atoms. The van der Waals surface area contributed by atoms with Crippen molar-refractivity contribution in [3.8, 4) is 0 Å². The normalized spacial score (nSPS) is 27.6. The molecule has 2 aliphatic rings. The van der Waals surface area contributed by atoms with Gasteiger partial charge >= 0.3 is 5.97 Å². The minimum absolute atomic E-state index is 0.269. The number of carboxylic acids is 1. The van der Waals surface area contributed by atoms with Gasteiger partial charge < -0.3 is 16.2 Å². The lowest BCUT2D eigenvalue weighted by Crippen LogP contribution is -2.29. The quantitative estimate of drug-likeness (QED) is 0.517. The Morgan fingerprint density at radius 3 is 2.17 bits per heavy atom. The summed E-state index contributed by atoms with van der Waals surface area (Å²) in [4.78, 5) is 10.1. The van der Waals surface area contributed by atoms with Crippen molar-refractivity contribution >= 4 is 5.97 Å². The Morgan fingerprint density at radius 2 is 2.00 bits per heavy atom. The molecular formula is C8H16N2O2. The van der Waals surface area contributed by atoms with Crippen LogP contribution in [0.4, 0.5) is 0 Å². The molecule has 1 aliphatic heterocycles. The predicted molar refractivity (Wildman–Crippen MR) is 45.9 cm³/mol. The summed E-state index contributed by atoms with van der Waals surface area (Å²) in [5.41, 5.74) is 5.22. The van der Waals surface area contributed by atoms with Crippen molar-refractivity contribution in [3.05, 3.63) is 0 Å². The zero-order valence-electron chi connectivity index (χ0n) is 7.12. The Hall–Kier alpha value is -0.610. The Morgan fingerprint density at radius 1 is 1.42 bits per heavy atom. The van der Waals surface area contributed by atoms with Crippen LogP contribution in [0.25, 0.3) is 0 Å². The van der Waals surface area contributed by atoms with Crippen LogP contribution in [0.15, 0.2) is 0 Å². The third kappa shape index (κ3) is 3.69. The van der Waals surface area contributed by atoms with Crippen LogP contribution in [0.2, 0.25) is 0 Å². The highest BCUT2D eigenvalue weighted by Crippen LogP contribution is 2.13. The molecule has 1 atom stereocenters. The Bertz CT molecular complexity index is 151. The van der Waals surface area contributed by atoms with E-state index in [1.807, 2.05) is 0 Å². The Balaban J connectivity index is 0.000000150. The van der Waals surface area contributed by atoms with Crippen molar-refractivity contribution in [2.75, 3.05) is 6.54 Å². The summed E-state index contributed by atoms with van der Waals surface area (Å²) in [6, 6.07) is 0.315. The van der Waals surface area contributed by atoms with Crippen LogP contribution < -0.4 is 11.1 Å². The highest BCUT2D eigenvalue weighted by atomic mass is 16.4. The van der Waals surface area contributed by atoms with Crippen molar-refractivity contribution in [1.82, 2.24) is 5.32 Å². The molecule has 1 aliphatic carbocycles. The lowest BCUT2D eigenvalue weighted by Gasteiger charge is -1.99. The minimum Gasteiger partial charge on any atom is -0.480 e. The monoisotopic (exact) mass is 172 g/mol. The fourth-order valence-electron chi connectivity index (χ4n) is 0.992. The van der Waals surface area contributed by atoms with E-state index in [9.17, 15) is 4.79 Å². The molecular weight excluding hydrogens is 156 g/mol. The van der Waals surface area contributed by atoms with Crippen molar-refractivity contribution in [1.29, 1.82) is 0 Å². The first-order chi connectivity index (χ1) is 5.70. The Labute approximate surface area is 72.1 Å². The van der Waals surface area contributed by atoms with Gasteiger partial charge in [-0.15, -0.1) is 0 Å². The highest BCUT2D eigenvalue weighted by molar-refractivity contribution is 5.73. The lowest BCUT2D eigenvalue weighted by molar-refractivity contribution is -0.139. The summed E-state index contributed by atoms with van der Waals surface area (Å²) in [7, 11) is 0. The number of carbonyl (C=O) groups is 1. The van der Waals surface area contributed by atoms with Crippen LogP contribution in [0, 0.1) is 0 Å². The lowest BCUT2D eigenvalue weighted by atomic mass is 10.2. The summed E-state index contributed by atoms with van der Waals surface area (Å²) in [5.74, 6) is -0.720. The van der Waals surface area contributed by atoms with Crippen LogP contribution in [0.5, 0.6) is 0 Å². The number of carboxylic acid groups (broad SMARTS) is 1. The second-order valence-electron chi connectivity index (χ2n) is 3.32. The summed E-state index contributed by atoms with van der Waals surface area (Å²) in [6.07, 6.45) is 4.31. The molecule has 12 heavy (non-hydrogen) atoms. The van der Waals surface area contributed by atoms with Crippen LogP contribution >= 0.6 is 0 Å². The van der Waals surface area contributed by atoms with E-state index in [-0.39, 0.29) is 6.04 Å². The largest absolute Gasteiger partial charge is 0.480 e. The van der Waals surface area contributed by atoms with E-state index in [1.54, 1.807) is 0 Å². The predicted octanol–water partition coefficient (Wildman–Crippen LogP) is -0.0695. The average Bonchev–Trinajstić information content (AvgIpc) is 2.66. The SMILES string of the molecule is NC1CC1.O=C(O)[C@@H]1CCCN1. The van der Waals surface area contributed by atoms with Gasteiger partial charge in [0.15, 0.2) is 0 Å². The van der Waals surface area contributed by atoms with Crippen molar-refractivity contribution in [3.63, 3.8) is 0 Å². The molecule has 4 nitrogen and oxygen atoms in total. The first-order valence-electron chi connectivity index (χ1n) is 4.42. The summed E-state index contributed by atoms with van der Waals surface area (Å²) in [6.45, 7) is 0.858. The molecule has 1 heterocycles. The molecule has 4 N–H and O–H groups in total. The number of nitrogens with one attached hydrogen (secondary N) is 1. The molecule has 4 heteroatoms. The van der Waals surface area contributed by atoms with E-state index in [4.69, 9.17) is 10.8 Å². The summed E-state index contributed by atoms with van der Waals surface area (Å²) < 4.78 is 0. The minimum atomic E-state index is -0.720. The highest BCUT2D eigenvalue weighted by Gasteiger charge is 2.20. The van der Waals surface area contributed by atoms with Crippen molar-refractivity contribution < 1.29 is 9.90 Å². The van der Waals surface area contributed by atoms with Crippen molar-refractivity contribution in [2.24, 2.45) is 5.73 Å². The van der Waals surface area contributed by atoms with Gasteiger partial charge in [0.2, 0.25) is 0 Å². The molecule has 0 amide bonds. The smallest absolute Gasteiger partial charge is 0.320 e. The van der Waals surface area contributed by atoms with Crippen LogP contribution in [-0.4, -0.2) is 29.7 Å². The average molecular weight is 172 g/mol. The molecule has 0 aromatic heterocycles.